The van der Waals surface area contributed by atoms with Crippen molar-refractivity contribution in [3.05, 3.63) is 59.5 Å². The molecule has 7 nitrogen and oxygen atoms in total. The number of amides is 1. The van der Waals surface area contributed by atoms with Crippen LogP contribution in [0.3, 0.4) is 0 Å². The third-order valence-corrected chi connectivity index (χ3v) is 5.96. The van der Waals surface area contributed by atoms with Gasteiger partial charge < -0.3 is 14.5 Å². The highest BCUT2D eigenvalue weighted by Crippen LogP contribution is 2.36. The van der Waals surface area contributed by atoms with Crippen LogP contribution in [0.2, 0.25) is 5.02 Å². The number of pyridine rings is 1. The Morgan fingerprint density at radius 3 is 2.40 bits per heavy atom. The summed E-state index contributed by atoms with van der Waals surface area (Å²) in [6.07, 6.45) is 0.195. The number of aromatic nitrogens is 3. The summed E-state index contributed by atoms with van der Waals surface area (Å²) in [5.74, 6) is 0.528. The molecular weight excluding hydrogens is 483 g/mol. The third-order valence-electron chi connectivity index (χ3n) is 5.66. The zero-order valence-corrected chi connectivity index (χ0v) is 19.7. The van der Waals surface area contributed by atoms with Crippen LogP contribution in [0.5, 0.6) is 0 Å². The maximum atomic E-state index is 13.0. The van der Waals surface area contributed by atoms with Crippen LogP contribution in [0, 0.1) is 0 Å². The zero-order valence-electron chi connectivity index (χ0n) is 18.9. The van der Waals surface area contributed by atoms with Crippen molar-refractivity contribution < 1.29 is 22.7 Å². The fraction of sp³-hybridized carbons (Fsp3) is 0.333. The minimum Gasteiger partial charge on any atom is -0.372 e. The van der Waals surface area contributed by atoms with E-state index in [1.807, 2.05) is 11.8 Å². The summed E-state index contributed by atoms with van der Waals surface area (Å²) < 4.78 is 44.3. The van der Waals surface area contributed by atoms with Gasteiger partial charge in [0.05, 0.1) is 22.5 Å². The normalized spacial score (nSPS) is 14.3. The Morgan fingerprint density at radius 2 is 1.77 bits per heavy atom. The number of carbonyl (C=O) groups is 1. The highest BCUT2D eigenvalue weighted by molar-refractivity contribution is 6.33. The van der Waals surface area contributed by atoms with E-state index < -0.39 is 11.7 Å². The molecule has 4 rings (SSSR count). The number of rotatable bonds is 6. The first-order valence-electron chi connectivity index (χ1n) is 11.0. The van der Waals surface area contributed by atoms with Gasteiger partial charge in [0.15, 0.2) is 0 Å². The molecule has 0 unspecified atom stereocenters. The quantitative estimate of drug-likeness (QED) is 0.489. The topological polar surface area (TPSA) is 71.5 Å². The van der Waals surface area contributed by atoms with Gasteiger partial charge in [0.2, 0.25) is 5.91 Å². The van der Waals surface area contributed by atoms with Gasteiger partial charge in [-0.2, -0.15) is 13.2 Å². The molecule has 1 fully saturated rings. The first-order chi connectivity index (χ1) is 16.8. The Hall–Kier alpha value is -3.24. The molecule has 2 aromatic heterocycles. The van der Waals surface area contributed by atoms with Crippen molar-refractivity contribution >= 4 is 23.3 Å². The van der Waals surface area contributed by atoms with Gasteiger partial charge >= 0.3 is 6.18 Å². The van der Waals surface area contributed by atoms with E-state index in [1.54, 1.807) is 23.4 Å². The fourth-order valence-corrected chi connectivity index (χ4v) is 3.99. The van der Waals surface area contributed by atoms with Crippen LogP contribution in [0.1, 0.15) is 12.5 Å². The van der Waals surface area contributed by atoms with Crippen molar-refractivity contribution in [3.8, 4) is 22.5 Å². The van der Waals surface area contributed by atoms with E-state index in [0.29, 0.717) is 66.1 Å². The second-order valence-corrected chi connectivity index (χ2v) is 8.27. The fourth-order valence-electron chi connectivity index (χ4n) is 3.78. The molecule has 3 heterocycles. The molecule has 0 N–H and O–H groups in total. The lowest BCUT2D eigenvalue weighted by Crippen LogP contribution is -2.50. The van der Waals surface area contributed by atoms with Crippen molar-refractivity contribution in [2.75, 3.05) is 44.3 Å². The van der Waals surface area contributed by atoms with E-state index in [4.69, 9.17) is 21.3 Å². The predicted octanol–water partition coefficient (Wildman–Crippen LogP) is 4.56. The number of alkyl halides is 3. The van der Waals surface area contributed by atoms with E-state index in [1.165, 1.54) is 18.3 Å². The molecule has 0 bridgehead atoms. The molecule has 0 atom stereocenters. The molecule has 1 aliphatic rings. The molecular formula is C24H23ClF3N5O2. The van der Waals surface area contributed by atoms with E-state index in [9.17, 15) is 18.0 Å². The van der Waals surface area contributed by atoms with Gasteiger partial charge in [-0.3, -0.25) is 14.8 Å². The zero-order chi connectivity index (χ0) is 25.0. The number of nitrogens with zero attached hydrogens (tertiary/aromatic N) is 5. The van der Waals surface area contributed by atoms with Crippen LogP contribution in [-0.4, -0.2) is 65.2 Å². The average Bonchev–Trinajstić information content (AvgIpc) is 2.87. The van der Waals surface area contributed by atoms with Crippen molar-refractivity contribution in [3.63, 3.8) is 0 Å². The highest BCUT2D eigenvalue weighted by Gasteiger charge is 2.30. The molecule has 0 radical (unpaired) electrons. The number of carbonyl (C=O) groups excluding carboxylic acids is 1. The lowest BCUT2D eigenvalue weighted by molar-refractivity contribution is -0.137. The Kier molecular flexibility index (Phi) is 7.51. The van der Waals surface area contributed by atoms with Crippen LogP contribution in [0.25, 0.3) is 22.5 Å². The molecule has 35 heavy (non-hydrogen) atoms. The van der Waals surface area contributed by atoms with Crippen LogP contribution in [0.4, 0.5) is 19.0 Å². The lowest BCUT2D eigenvalue weighted by atomic mass is 10.0. The number of ether oxygens (including phenoxy) is 1. The number of hydrogen-bond acceptors (Lipinski definition) is 6. The summed E-state index contributed by atoms with van der Waals surface area (Å²) in [6.45, 7) is 4.51. The lowest BCUT2D eigenvalue weighted by Gasteiger charge is -2.35. The van der Waals surface area contributed by atoms with Crippen molar-refractivity contribution in [2.45, 2.75) is 13.1 Å². The summed E-state index contributed by atoms with van der Waals surface area (Å²) in [5, 5.41) is 0.346. The Morgan fingerprint density at radius 1 is 1.06 bits per heavy atom. The predicted molar refractivity (Wildman–Crippen MR) is 126 cm³/mol. The molecule has 11 heteroatoms. The summed E-state index contributed by atoms with van der Waals surface area (Å²) in [7, 11) is 0. The second kappa shape index (κ2) is 10.6. The SMILES string of the molecule is CCOCC(=O)N1CCN(c2cnc(-c3ccc(C(F)(F)F)cc3)c(-c3ccncc3Cl)n2)CC1. The Labute approximate surface area is 205 Å². The first-order valence-corrected chi connectivity index (χ1v) is 11.4. The monoisotopic (exact) mass is 505 g/mol. The minimum absolute atomic E-state index is 0.0560. The molecule has 1 aliphatic heterocycles. The summed E-state index contributed by atoms with van der Waals surface area (Å²) in [5.41, 5.74) is 1.14. The van der Waals surface area contributed by atoms with Gasteiger partial charge in [-0.15, -0.1) is 0 Å². The maximum Gasteiger partial charge on any atom is 0.416 e. The van der Waals surface area contributed by atoms with E-state index in [2.05, 4.69) is 9.97 Å². The standard InChI is InChI=1S/C24H23ClF3N5O2/c1-2-35-15-21(34)33-11-9-32(10-12-33)20-14-30-22(16-3-5-17(6-4-16)24(26,27)28)23(31-20)18-7-8-29-13-19(18)25/h3-8,13-14H,2,9-12,15H2,1H3. The van der Waals surface area contributed by atoms with E-state index in [-0.39, 0.29) is 12.5 Å². The van der Waals surface area contributed by atoms with Gasteiger partial charge in [0.25, 0.3) is 0 Å². The maximum absolute atomic E-state index is 13.0. The first kappa shape index (κ1) is 24.9. The van der Waals surface area contributed by atoms with Gasteiger partial charge in [-0.05, 0) is 25.1 Å². The van der Waals surface area contributed by atoms with Gasteiger partial charge in [-0.1, -0.05) is 23.7 Å². The molecule has 184 valence electrons. The number of benzene rings is 1. The summed E-state index contributed by atoms with van der Waals surface area (Å²) in [4.78, 5) is 29.3. The molecule has 1 aromatic carbocycles. The molecule has 3 aromatic rings. The largest absolute Gasteiger partial charge is 0.416 e. The molecule has 0 spiro atoms. The molecule has 0 aliphatic carbocycles. The van der Waals surface area contributed by atoms with Crippen LogP contribution >= 0.6 is 11.6 Å². The second-order valence-electron chi connectivity index (χ2n) is 7.86. The number of halogens is 4. The summed E-state index contributed by atoms with van der Waals surface area (Å²) >= 11 is 6.39. The average molecular weight is 506 g/mol. The highest BCUT2D eigenvalue weighted by atomic mass is 35.5. The minimum atomic E-state index is -4.43. The Balaban J connectivity index is 1.64. The molecule has 1 amide bonds. The summed E-state index contributed by atoms with van der Waals surface area (Å²) in [6, 6.07) is 6.46. The third kappa shape index (κ3) is 5.71. The van der Waals surface area contributed by atoms with E-state index >= 15 is 0 Å². The van der Waals surface area contributed by atoms with Gasteiger partial charge in [0, 0.05) is 56.3 Å². The number of piperazine rings is 1. The van der Waals surface area contributed by atoms with E-state index in [0.717, 1.165) is 12.1 Å². The smallest absolute Gasteiger partial charge is 0.372 e. The van der Waals surface area contributed by atoms with Crippen LogP contribution < -0.4 is 4.90 Å². The van der Waals surface area contributed by atoms with Crippen molar-refractivity contribution in [2.24, 2.45) is 0 Å². The van der Waals surface area contributed by atoms with Gasteiger partial charge in [0.1, 0.15) is 18.1 Å². The number of hydrogen-bond donors (Lipinski definition) is 0. The number of anilines is 1. The van der Waals surface area contributed by atoms with Crippen LogP contribution in [-0.2, 0) is 15.7 Å². The Bertz CT molecular complexity index is 1180. The molecule has 0 saturated carbocycles. The van der Waals surface area contributed by atoms with Crippen LogP contribution in [0.15, 0.2) is 48.9 Å². The van der Waals surface area contributed by atoms with Gasteiger partial charge in [-0.25, -0.2) is 4.98 Å². The van der Waals surface area contributed by atoms with Crippen molar-refractivity contribution in [1.29, 1.82) is 0 Å². The van der Waals surface area contributed by atoms with Crippen molar-refractivity contribution in [1.82, 2.24) is 19.9 Å². The molecule has 1 saturated heterocycles.